The number of amides is 1. The number of carbonyl (C=O) groups excluding carboxylic acids is 3. The maximum absolute atomic E-state index is 12.9. The lowest BCUT2D eigenvalue weighted by molar-refractivity contribution is -0.276. The largest absolute Gasteiger partial charge is 0.392 e. The maximum atomic E-state index is 12.9. The highest BCUT2D eigenvalue weighted by atomic mass is 16.7. The topological polar surface area (TPSA) is 152 Å². The lowest BCUT2D eigenvalue weighted by Crippen LogP contribution is -2.47. The zero-order valence-corrected chi connectivity index (χ0v) is 29.2. The number of hydrogen-bond acceptors (Lipinski definition) is 9. The number of aromatic amines is 1. The smallest absolute Gasteiger partial charge is 0.346 e. The summed E-state index contributed by atoms with van der Waals surface area (Å²) in [5.74, 6) is -1.83. The monoisotopic (exact) mass is 716 g/mol. The third-order valence-electron chi connectivity index (χ3n) is 10.7. The van der Waals surface area contributed by atoms with Crippen LogP contribution in [0.4, 0.5) is 0 Å². The number of benzene rings is 4. The number of nitrogens with zero attached hydrogens (tertiary/aromatic N) is 2. The number of carbonyl (C=O) groups is 3. The molecule has 53 heavy (non-hydrogen) atoms. The Morgan fingerprint density at radius 2 is 1.55 bits per heavy atom. The van der Waals surface area contributed by atoms with Gasteiger partial charge in [-0.05, 0) is 59.9 Å². The van der Waals surface area contributed by atoms with Gasteiger partial charge in [-0.25, -0.2) is 14.4 Å². The number of fused-ring (bicyclic) bond motifs is 2. The molecule has 0 spiro atoms. The van der Waals surface area contributed by atoms with E-state index >= 15 is 0 Å². The number of imidazole rings is 1. The van der Waals surface area contributed by atoms with E-state index in [1.165, 1.54) is 18.2 Å². The van der Waals surface area contributed by atoms with E-state index in [0.717, 1.165) is 59.2 Å². The molecule has 3 N–H and O–H groups in total. The lowest BCUT2D eigenvalue weighted by Gasteiger charge is -2.44. The molecule has 1 amide bonds. The zero-order chi connectivity index (χ0) is 36.6. The summed E-state index contributed by atoms with van der Waals surface area (Å²) >= 11 is 0. The molecule has 4 aromatic carbocycles. The highest BCUT2D eigenvalue weighted by Crippen LogP contribution is 2.42. The normalized spacial score (nSPS) is 22.2. The highest BCUT2D eigenvalue weighted by Gasteiger charge is 2.40. The molecule has 3 aliphatic rings. The number of esters is 2. The molecule has 0 radical (unpaired) electrons. The summed E-state index contributed by atoms with van der Waals surface area (Å²) in [6, 6.07) is 27.8. The number of aliphatic hydroxyl groups is 1. The third kappa shape index (κ3) is 6.94. The first kappa shape index (κ1) is 34.7. The number of likely N-dealkylation sites (tertiary alicyclic amines) is 1. The van der Waals surface area contributed by atoms with Crippen LogP contribution >= 0.6 is 0 Å². The van der Waals surface area contributed by atoms with Gasteiger partial charge in [-0.1, -0.05) is 67.6 Å². The van der Waals surface area contributed by atoms with Crippen molar-refractivity contribution in [3.05, 3.63) is 140 Å². The van der Waals surface area contributed by atoms with Gasteiger partial charge < -0.3 is 34.5 Å². The summed E-state index contributed by atoms with van der Waals surface area (Å²) in [5, 5.41) is 12.5. The van der Waals surface area contributed by atoms with Crippen LogP contribution in [0.15, 0.2) is 95.8 Å². The molecule has 2 saturated heterocycles. The maximum Gasteiger partial charge on any atom is 0.346 e. The summed E-state index contributed by atoms with van der Waals surface area (Å²) in [6.45, 7) is 4.73. The fourth-order valence-electron chi connectivity index (χ4n) is 7.68. The van der Waals surface area contributed by atoms with Gasteiger partial charge in [0.15, 0.2) is 6.29 Å². The van der Waals surface area contributed by atoms with Crippen LogP contribution in [0, 0.1) is 5.92 Å². The lowest BCUT2D eigenvalue weighted by atomic mass is 9.89. The van der Waals surface area contributed by atoms with Crippen molar-refractivity contribution in [2.75, 3.05) is 19.6 Å². The zero-order valence-electron chi connectivity index (χ0n) is 29.2. The van der Waals surface area contributed by atoms with Crippen LogP contribution in [0.3, 0.4) is 0 Å². The number of aliphatic hydroxyl groups excluding tert-OH is 1. The fraction of sp³-hybridized carbons (Fsp3) is 0.317. The van der Waals surface area contributed by atoms with Crippen molar-refractivity contribution in [1.29, 1.82) is 0 Å². The van der Waals surface area contributed by atoms with E-state index in [1.807, 2.05) is 77.4 Å². The highest BCUT2D eigenvalue weighted by molar-refractivity contribution is 6.15. The van der Waals surface area contributed by atoms with Crippen LogP contribution in [-0.2, 0) is 27.4 Å². The molecule has 272 valence electrons. The molecule has 0 bridgehead atoms. The predicted octanol–water partition coefficient (Wildman–Crippen LogP) is 5.19. The van der Waals surface area contributed by atoms with Gasteiger partial charge in [0.1, 0.15) is 0 Å². The predicted molar refractivity (Wildman–Crippen MR) is 194 cm³/mol. The molecular formula is C41H40N4O8. The second kappa shape index (κ2) is 14.6. The Morgan fingerprint density at radius 1 is 0.849 bits per heavy atom. The Hall–Kier alpha value is -5.40. The number of piperidine rings is 1. The van der Waals surface area contributed by atoms with Gasteiger partial charge in [-0.15, -0.1) is 0 Å². The van der Waals surface area contributed by atoms with Crippen LogP contribution in [0.5, 0.6) is 0 Å². The number of cyclic esters (lactones) is 2. The average Bonchev–Trinajstić information content (AvgIpc) is 3.68. The SMILES string of the molecule is C[C@H]1[C@@H](CN2CCC(n3c(=O)[nH]c4ccccc43)CC2)OC(c2ccc(CNC(=O)c3ccc4c(c3)C(=O)OC4=O)cc2)O[C@H]1c1ccc(CO)cc1. The van der Waals surface area contributed by atoms with Crippen LogP contribution in [0.2, 0.25) is 0 Å². The van der Waals surface area contributed by atoms with Gasteiger partial charge in [-0.2, -0.15) is 0 Å². The van der Waals surface area contributed by atoms with E-state index in [4.69, 9.17) is 9.47 Å². The minimum absolute atomic E-state index is 0.0221. The molecular weight excluding hydrogens is 676 g/mol. The minimum atomic E-state index is -0.757. The second-order valence-corrected chi connectivity index (χ2v) is 14.0. The Bertz CT molecular complexity index is 2220. The molecule has 1 unspecified atom stereocenters. The molecule has 1 aromatic heterocycles. The summed E-state index contributed by atoms with van der Waals surface area (Å²) in [7, 11) is 0. The third-order valence-corrected chi connectivity index (χ3v) is 10.7. The Labute approximate surface area is 305 Å². The van der Waals surface area contributed by atoms with E-state index in [2.05, 4.69) is 26.9 Å². The van der Waals surface area contributed by atoms with Crippen molar-refractivity contribution < 1.29 is 33.7 Å². The van der Waals surface area contributed by atoms with E-state index in [0.29, 0.717) is 6.54 Å². The second-order valence-electron chi connectivity index (χ2n) is 14.0. The van der Waals surface area contributed by atoms with Crippen molar-refractivity contribution in [3.8, 4) is 0 Å². The number of rotatable bonds is 9. The fourth-order valence-corrected chi connectivity index (χ4v) is 7.68. The molecule has 5 aromatic rings. The molecule has 4 heterocycles. The summed E-state index contributed by atoms with van der Waals surface area (Å²) in [4.78, 5) is 54.8. The van der Waals surface area contributed by atoms with E-state index in [1.54, 1.807) is 0 Å². The van der Waals surface area contributed by atoms with Gasteiger partial charge in [-0.3, -0.25) is 9.36 Å². The van der Waals surface area contributed by atoms with Crippen LogP contribution in [0.1, 0.15) is 91.5 Å². The number of aromatic nitrogens is 2. The molecule has 3 aliphatic heterocycles. The Kier molecular flexibility index (Phi) is 9.52. The van der Waals surface area contributed by atoms with Gasteiger partial charge in [0.2, 0.25) is 0 Å². The van der Waals surface area contributed by atoms with Crippen LogP contribution in [0.25, 0.3) is 11.0 Å². The van der Waals surface area contributed by atoms with E-state index in [9.17, 15) is 24.3 Å². The first-order chi connectivity index (χ1) is 25.7. The number of ether oxygens (including phenoxy) is 3. The summed E-state index contributed by atoms with van der Waals surface area (Å²) in [6.07, 6.45) is 0.658. The Morgan fingerprint density at radius 3 is 2.30 bits per heavy atom. The average molecular weight is 717 g/mol. The molecule has 12 heteroatoms. The van der Waals surface area contributed by atoms with E-state index < -0.39 is 18.2 Å². The molecule has 8 rings (SSSR count). The molecule has 0 saturated carbocycles. The van der Waals surface area contributed by atoms with E-state index in [-0.39, 0.29) is 65.6 Å². The van der Waals surface area contributed by atoms with Gasteiger partial charge in [0.05, 0.1) is 41.0 Å². The molecule has 2 fully saturated rings. The number of nitrogens with one attached hydrogen (secondary N) is 2. The van der Waals surface area contributed by atoms with Crippen molar-refractivity contribution in [1.82, 2.24) is 19.8 Å². The number of para-hydroxylation sites is 2. The first-order valence-electron chi connectivity index (χ1n) is 18.0. The van der Waals surface area contributed by atoms with Gasteiger partial charge in [0.25, 0.3) is 5.91 Å². The van der Waals surface area contributed by atoms with Crippen molar-refractivity contribution in [3.63, 3.8) is 0 Å². The van der Waals surface area contributed by atoms with Gasteiger partial charge >= 0.3 is 17.6 Å². The summed E-state index contributed by atoms with van der Waals surface area (Å²) < 4.78 is 19.9. The minimum Gasteiger partial charge on any atom is -0.392 e. The number of hydrogen-bond donors (Lipinski definition) is 3. The van der Waals surface area contributed by atoms with Crippen molar-refractivity contribution >= 4 is 28.9 Å². The first-order valence-corrected chi connectivity index (χ1v) is 18.0. The standard InChI is InChI=1S/C41H40N4O8/c1-24-35(22-44-18-16-30(17-19-44)45-34-5-3-2-4-33(34)43-41(45)50)51-40(52-36(24)27-10-8-26(23-46)9-11-27)28-12-6-25(7-13-28)21-42-37(47)29-14-15-31-32(20-29)39(49)53-38(31)48/h2-15,20,24,30,35-36,40,46H,16-19,21-23H2,1H3,(H,42,47)(H,43,50)/t24-,35+,36+,40?/m0/s1. The molecule has 0 aliphatic carbocycles. The van der Waals surface area contributed by atoms with Gasteiger partial charge in [0, 0.05) is 49.3 Å². The van der Waals surface area contributed by atoms with Crippen molar-refractivity contribution in [2.45, 2.75) is 57.5 Å². The van der Waals surface area contributed by atoms with Crippen LogP contribution in [-0.4, -0.2) is 63.1 Å². The molecule has 4 atom stereocenters. The summed E-state index contributed by atoms with van der Waals surface area (Å²) in [5.41, 5.74) is 5.75. The number of H-pyrrole nitrogens is 1. The Balaban J connectivity index is 0.948. The molecule has 12 nitrogen and oxygen atoms in total. The van der Waals surface area contributed by atoms with Crippen molar-refractivity contribution in [2.24, 2.45) is 5.92 Å². The van der Waals surface area contributed by atoms with Crippen LogP contribution < -0.4 is 11.0 Å². The quantitative estimate of drug-likeness (QED) is 0.138.